The lowest BCUT2D eigenvalue weighted by atomic mass is 10.2. The predicted molar refractivity (Wildman–Crippen MR) is 99.6 cm³/mol. The van der Waals surface area contributed by atoms with Gasteiger partial charge in [0.25, 0.3) is 5.91 Å². The zero-order chi connectivity index (χ0) is 18.1. The molecule has 0 bridgehead atoms. The number of thiazole rings is 1. The number of sulfonamides is 1. The first-order valence-corrected chi connectivity index (χ1v) is 11.2. The number of nitrogens with zero attached hydrogens (tertiary/aromatic N) is 3. The van der Waals surface area contributed by atoms with Crippen molar-refractivity contribution in [3.8, 4) is 0 Å². The number of likely N-dealkylation sites (tertiary alicyclic amines) is 1. The highest BCUT2D eigenvalue weighted by Gasteiger charge is 2.37. The number of hydrogen-bond acceptors (Lipinski definition) is 5. The van der Waals surface area contributed by atoms with Gasteiger partial charge in [-0.15, -0.1) is 11.3 Å². The van der Waals surface area contributed by atoms with Crippen LogP contribution in [-0.2, 0) is 10.0 Å². The van der Waals surface area contributed by atoms with Crippen LogP contribution in [0.3, 0.4) is 0 Å². The van der Waals surface area contributed by atoms with Crippen LogP contribution in [-0.4, -0.2) is 48.1 Å². The van der Waals surface area contributed by atoms with E-state index in [2.05, 4.69) is 4.98 Å². The van der Waals surface area contributed by atoms with Crippen molar-refractivity contribution in [1.29, 1.82) is 0 Å². The summed E-state index contributed by atoms with van der Waals surface area (Å²) in [5.74, 6) is -0.0857. The lowest BCUT2D eigenvalue weighted by molar-refractivity contribution is 0.0792. The highest BCUT2D eigenvalue weighted by atomic mass is 32.2. The Labute approximate surface area is 157 Å². The third-order valence-corrected chi connectivity index (χ3v) is 7.80. The van der Waals surface area contributed by atoms with Crippen molar-refractivity contribution in [2.75, 3.05) is 19.6 Å². The molecule has 2 aliphatic heterocycles. The standard InChI is InChI=1S/C18H21N3O3S2/c22-18(20-9-1-2-10-20)14-5-3-6-15(13-14)26(23,24)21-11-4-7-16(21)17-19-8-12-25-17/h3,5-6,8,12-13,16H,1-2,4,7,9-11H2. The summed E-state index contributed by atoms with van der Waals surface area (Å²) in [6, 6.07) is 6.24. The highest BCUT2D eigenvalue weighted by Crippen LogP contribution is 2.37. The summed E-state index contributed by atoms with van der Waals surface area (Å²) < 4.78 is 28.0. The molecule has 2 fully saturated rings. The van der Waals surface area contributed by atoms with E-state index in [1.54, 1.807) is 29.3 Å². The molecule has 0 radical (unpaired) electrons. The van der Waals surface area contributed by atoms with E-state index in [4.69, 9.17) is 0 Å². The van der Waals surface area contributed by atoms with Crippen LogP contribution >= 0.6 is 11.3 Å². The molecular formula is C18H21N3O3S2. The Balaban J connectivity index is 1.63. The zero-order valence-electron chi connectivity index (χ0n) is 14.4. The molecule has 4 rings (SSSR count). The average Bonchev–Trinajstić information content (AvgIpc) is 3.42. The molecular weight excluding hydrogens is 370 g/mol. The maximum atomic E-state index is 13.2. The van der Waals surface area contributed by atoms with Crippen molar-refractivity contribution in [2.24, 2.45) is 0 Å². The first kappa shape index (κ1) is 17.6. The Morgan fingerprint density at radius 1 is 1.15 bits per heavy atom. The molecule has 0 spiro atoms. The van der Waals surface area contributed by atoms with E-state index in [1.165, 1.54) is 21.7 Å². The van der Waals surface area contributed by atoms with Crippen LogP contribution in [0.4, 0.5) is 0 Å². The van der Waals surface area contributed by atoms with Crippen molar-refractivity contribution in [3.63, 3.8) is 0 Å². The SMILES string of the molecule is O=C(c1cccc(S(=O)(=O)N2CCCC2c2nccs2)c1)N1CCCC1. The molecule has 1 aromatic carbocycles. The van der Waals surface area contributed by atoms with Gasteiger partial charge in [0.05, 0.1) is 10.9 Å². The molecule has 0 saturated carbocycles. The molecule has 3 heterocycles. The molecule has 0 aliphatic carbocycles. The van der Waals surface area contributed by atoms with Crippen molar-refractivity contribution >= 4 is 27.3 Å². The first-order chi connectivity index (χ1) is 12.6. The summed E-state index contributed by atoms with van der Waals surface area (Å²) in [4.78, 5) is 18.9. The van der Waals surface area contributed by atoms with Crippen LogP contribution in [0.1, 0.15) is 47.1 Å². The summed E-state index contributed by atoms with van der Waals surface area (Å²) in [6.45, 7) is 1.97. The minimum Gasteiger partial charge on any atom is -0.339 e. The predicted octanol–water partition coefficient (Wildman–Crippen LogP) is 2.90. The lowest BCUT2D eigenvalue weighted by Crippen LogP contribution is -2.31. The topological polar surface area (TPSA) is 70.6 Å². The van der Waals surface area contributed by atoms with Gasteiger partial charge in [-0.1, -0.05) is 6.07 Å². The van der Waals surface area contributed by atoms with Crippen molar-refractivity contribution < 1.29 is 13.2 Å². The number of amides is 1. The molecule has 26 heavy (non-hydrogen) atoms. The van der Waals surface area contributed by atoms with E-state index in [1.807, 2.05) is 5.38 Å². The largest absolute Gasteiger partial charge is 0.339 e. The molecule has 138 valence electrons. The minimum atomic E-state index is -3.66. The molecule has 2 aromatic rings. The molecule has 8 heteroatoms. The van der Waals surface area contributed by atoms with Crippen LogP contribution in [0.2, 0.25) is 0 Å². The number of hydrogen-bond donors (Lipinski definition) is 0. The van der Waals surface area contributed by atoms with Gasteiger partial charge in [0.15, 0.2) is 0 Å². The number of carbonyl (C=O) groups is 1. The van der Waals surface area contributed by atoms with E-state index in [9.17, 15) is 13.2 Å². The molecule has 1 amide bonds. The second-order valence-electron chi connectivity index (χ2n) is 6.67. The van der Waals surface area contributed by atoms with Crippen molar-refractivity contribution in [2.45, 2.75) is 36.6 Å². The normalized spacial score (nSPS) is 21.4. The Morgan fingerprint density at radius 2 is 1.96 bits per heavy atom. The van der Waals surface area contributed by atoms with Crippen LogP contribution < -0.4 is 0 Å². The fourth-order valence-corrected chi connectivity index (χ4v) is 6.26. The van der Waals surface area contributed by atoms with Crippen LogP contribution in [0.25, 0.3) is 0 Å². The van der Waals surface area contributed by atoms with Crippen LogP contribution in [0.15, 0.2) is 40.7 Å². The van der Waals surface area contributed by atoms with Gasteiger partial charge in [-0.25, -0.2) is 13.4 Å². The molecule has 1 unspecified atom stereocenters. The molecule has 2 aliphatic rings. The quantitative estimate of drug-likeness (QED) is 0.803. The zero-order valence-corrected chi connectivity index (χ0v) is 16.0. The molecule has 2 saturated heterocycles. The molecule has 1 atom stereocenters. The molecule has 6 nitrogen and oxygen atoms in total. The third kappa shape index (κ3) is 3.17. The lowest BCUT2D eigenvalue weighted by Gasteiger charge is -2.23. The maximum Gasteiger partial charge on any atom is 0.253 e. The van der Waals surface area contributed by atoms with E-state index >= 15 is 0 Å². The van der Waals surface area contributed by atoms with Gasteiger partial charge in [-0.05, 0) is 43.9 Å². The Morgan fingerprint density at radius 3 is 2.69 bits per heavy atom. The minimum absolute atomic E-state index is 0.0857. The van der Waals surface area contributed by atoms with E-state index in [0.717, 1.165) is 43.8 Å². The summed E-state index contributed by atoms with van der Waals surface area (Å²) in [5.41, 5.74) is 0.443. The Bertz CT molecular complexity index is 890. The van der Waals surface area contributed by atoms with Crippen LogP contribution in [0.5, 0.6) is 0 Å². The molecule has 0 N–H and O–H groups in total. The third-order valence-electron chi connectivity index (χ3n) is 5.02. The number of aromatic nitrogens is 1. The monoisotopic (exact) mass is 391 g/mol. The maximum absolute atomic E-state index is 13.2. The summed E-state index contributed by atoms with van der Waals surface area (Å²) in [5, 5.41) is 2.70. The van der Waals surface area contributed by atoms with Crippen LogP contribution in [0, 0.1) is 0 Å². The van der Waals surface area contributed by atoms with Gasteiger partial charge in [-0.2, -0.15) is 4.31 Å². The second-order valence-corrected chi connectivity index (χ2v) is 9.49. The fourth-order valence-electron chi connectivity index (χ4n) is 3.70. The molecule has 1 aromatic heterocycles. The summed E-state index contributed by atoms with van der Waals surface area (Å²) in [6.07, 6.45) is 5.31. The van der Waals surface area contributed by atoms with Crippen molar-refractivity contribution in [3.05, 3.63) is 46.4 Å². The van der Waals surface area contributed by atoms with Gasteiger partial charge < -0.3 is 4.90 Å². The van der Waals surface area contributed by atoms with Gasteiger partial charge in [0.1, 0.15) is 5.01 Å². The smallest absolute Gasteiger partial charge is 0.253 e. The average molecular weight is 392 g/mol. The van der Waals surface area contributed by atoms with E-state index in [-0.39, 0.29) is 16.8 Å². The second kappa shape index (κ2) is 7.09. The van der Waals surface area contributed by atoms with Gasteiger partial charge in [0.2, 0.25) is 10.0 Å². The number of benzene rings is 1. The number of carbonyl (C=O) groups excluding carboxylic acids is 1. The Kier molecular flexibility index (Phi) is 4.81. The van der Waals surface area contributed by atoms with Gasteiger partial charge in [-0.3, -0.25) is 4.79 Å². The Hall–Kier alpha value is -1.77. The summed E-state index contributed by atoms with van der Waals surface area (Å²) in [7, 11) is -3.66. The van der Waals surface area contributed by atoms with Gasteiger partial charge >= 0.3 is 0 Å². The van der Waals surface area contributed by atoms with E-state index in [0.29, 0.717) is 12.1 Å². The van der Waals surface area contributed by atoms with Gasteiger partial charge in [0, 0.05) is 36.8 Å². The highest BCUT2D eigenvalue weighted by molar-refractivity contribution is 7.89. The van der Waals surface area contributed by atoms with Crippen molar-refractivity contribution in [1.82, 2.24) is 14.2 Å². The number of rotatable bonds is 4. The fraction of sp³-hybridized carbons (Fsp3) is 0.444. The first-order valence-electron chi connectivity index (χ1n) is 8.88. The summed E-state index contributed by atoms with van der Waals surface area (Å²) >= 11 is 1.48. The van der Waals surface area contributed by atoms with E-state index < -0.39 is 10.0 Å².